The predicted octanol–water partition coefficient (Wildman–Crippen LogP) is 3.08. The standard InChI is InChI=1S/C14H18N4OS2/c1-11(12-3-6-15-7-4-12)18-13(19)16-5-2-9-20-14-17-8-10-21-14/h3-4,6-8,10-11H,2,5,9H2,1H3,(H2,16,18,19)/t11-/m1/s1. The normalized spacial score (nSPS) is 11.9. The molecule has 0 radical (unpaired) electrons. The first-order chi connectivity index (χ1) is 10.3. The second kappa shape index (κ2) is 8.63. The Labute approximate surface area is 132 Å². The summed E-state index contributed by atoms with van der Waals surface area (Å²) >= 11 is 3.36. The summed E-state index contributed by atoms with van der Waals surface area (Å²) in [5.74, 6) is 0.952. The number of thioether (sulfide) groups is 1. The van der Waals surface area contributed by atoms with Crippen LogP contribution in [0, 0.1) is 0 Å². The van der Waals surface area contributed by atoms with Crippen LogP contribution < -0.4 is 10.6 Å². The van der Waals surface area contributed by atoms with Crippen molar-refractivity contribution in [1.29, 1.82) is 0 Å². The topological polar surface area (TPSA) is 66.9 Å². The van der Waals surface area contributed by atoms with Crippen LogP contribution in [0.2, 0.25) is 0 Å². The van der Waals surface area contributed by atoms with Crippen molar-refractivity contribution in [2.45, 2.75) is 23.7 Å². The summed E-state index contributed by atoms with van der Waals surface area (Å²) in [6, 6.07) is 3.63. The van der Waals surface area contributed by atoms with Crippen molar-refractivity contribution < 1.29 is 4.79 Å². The number of pyridine rings is 1. The van der Waals surface area contributed by atoms with Gasteiger partial charge in [-0.1, -0.05) is 11.8 Å². The fourth-order valence-electron chi connectivity index (χ4n) is 1.70. The summed E-state index contributed by atoms with van der Waals surface area (Å²) < 4.78 is 1.07. The lowest BCUT2D eigenvalue weighted by atomic mass is 10.1. The minimum Gasteiger partial charge on any atom is -0.338 e. The van der Waals surface area contributed by atoms with E-state index in [2.05, 4.69) is 20.6 Å². The number of aromatic nitrogens is 2. The predicted molar refractivity (Wildman–Crippen MR) is 86.6 cm³/mol. The van der Waals surface area contributed by atoms with Gasteiger partial charge < -0.3 is 10.6 Å². The average molecular weight is 322 g/mol. The molecule has 1 atom stereocenters. The zero-order valence-corrected chi connectivity index (χ0v) is 13.4. The first kappa shape index (κ1) is 15.8. The van der Waals surface area contributed by atoms with Gasteiger partial charge in [0.1, 0.15) is 4.34 Å². The zero-order valence-electron chi connectivity index (χ0n) is 11.8. The molecule has 2 heterocycles. The summed E-state index contributed by atoms with van der Waals surface area (Å²) in [4.78, 5) is 19.9. The maximum Gasteiger partial charge on any atom is 0.315 e. The second-order valence-corrected chi connectivity index (χ2v) is 6.64. The molecule has 112 valence electrons. The number of carbonyl (C=O) groups excluding carboxylic acids is 1. The lowest BCUT2D eigenvalue weighted by Gasteiger charge is -2.14. The Kier molecular flexibility index (Phi) is 6.49. The van der Waals surface area contributed by atoms with E-state index in [1.165, 1.54) is 0 Å². The van der Waals surface area contributed by atoms with Crippen molar-refractivity contribution in [1.82, 2.24) is 20.6 Å². The molecule has 2 N–H and O–H groups in total. The maximum absolute atomic E-state index is 11.8. The van der Waals surface area contributed by atoms with E-state index in [9.17, 15) is 4.79 Å². The van der Waals surface area contributed by atoms with Gasteiger partial charge in [0.15, 0.2) is 0 Å². The highest BCUT2D eigenvalue weighted by Crippen LogP contribution is 2.20. The number of urea groups is 1. The number of nitrogens with zero attached hydrogens (tertiary/aromatic N) is 2. The summed E-state index contributed by atoms with van der Waals surface area (Å²) in [7, 11) is 0. The van der Waals surface area contributed by atoms with E-state index in [4.69, 9.17) is 0 Å². The Morgan fingerprint density at radius 3 is 2.90 bits per heavy atom. The van der Waals surface area contributed by atoms with Crippen LogP contribution in [0.25, 0.3) is 0 Å². The van der Waals surface area contributed by atoms with E-state index < -0.39 is 0 Å². The Bertz CT molecular complexity index is 533. The van der Waals surface area contributed by atoms with Gasteiger partial charge in [-0.25, -0.2) is 9.78 Å². The molecule has 2 aromatic rings. The van der Waals surface area contributed by atoms with Crippen LogP contribution in [-0.4, -0.2) is 28.3 Å². The van der Waals surface area contributed by atoms with Crippen LogP contribution in [0.5, 0.6) is 0 Å². The third-order valence-electron chi connectivity index (χ3n) is 2.80. The second-order valence-electron chi connectivity index (χ2n) is 4.40. The van der Waals surface area contributed by atoms with Gasteiger partial charge in [-0.05, 0) is 31.0 Å². The van der Waals surface area contributed by atoms with Crippen molar-refractivity contribution in [3.63, 3.8) is 0 Å². The van der Waals surface area contributed by atoms with Gasteiger partial charge in [-0.15, -0.1) is 11.3 Å². The molecule has 5 nitrogen and oxygen atoms in total. The molecule has 0 aliphatic carbocycles. The molecule has 21 heavy (non-hydrogen) atoms. The van der Waals surface area contributed by atoms with Crippen LogP contribution in [-0.2, 0) is 0 Å². The lowest BCUT2D eigenvalue weighted by Crippen LogP contribution is -2.37. The number of carbonyl (C=O) groups is 1. The van der Waals surface area contributed by atoms with Crippen LogP contribution in [0.1, 0.15) is 24.9 Å². The van der Waals surface area contributed by atoms with Crippen LogP contribution in [0.4, 0.5) is 4.79 Å². The number of nitrogens with one attached hydrogen (secondary N) is 2. The summed E-state index contributed by atoms with van der Waals surface area (Å²) in [6.45, 7) is 2.61. The van der Waals surface area contributed by atoms with E-state index in [-0.39, 0.29) is 12.1 Å². The Morgan fingerprint density at radius 2 is 2.19 bits per heavy atom. The third-order valence-corrected chi connectivity index (χ3v) is 4.85. The molecule has 2 aromatic heterocycles. The summed E-state index contributed by atoms with van der Waals surface area (Å²) in [5.41, 5.74) is 1.04. The Hall–Kier alpha value is -1.60. The van der Waals surface area contributed by atoms with Gasteiger partial charge >= 0.3 is 6.03 Å². The monoisotopic (exact) mass is 322 g/mol. The fourth-order valence-corrected chi connectivity index (χ4v) is 3.35. The molecule has 0 bridgehead atoms. The molecule has 7 heteroatoms. The molecule has 2 rings (SSSR count). The molecule has 0 aliphatic heterocycles. The zero-order chi connectivity index (χ0) is 14.9. The minimum absolute atomic E-state index is 0.0299. The molecule has 0 spiro atoms. The van der Waals surface area contributed by atoms with E-state index in [0.29, 0.717) is 6.54 Å². The van der Waals surface area contributed by atoms with Gasteiger partial charge in [0.2, 0.25) is 0 Å². The van der Waals surface area contributed by atoms with Gasteiger partial charge in [-0.2, -0.15) is 0 Å². The van der Waals surface area contributed by atoms with Crippen LogP contribution in [0.3, 0.4) is 0 Å². The number of hydrogen-bond donors (Lipinski definition) is 2. The SMILES string of the molecule is C[C@@H](NC(=O)NCCCSc1nccs1)c1ccncc1. The maximum atomic E-state index is 11.8. The molecule has 0 saturated carbocycles. The number of amides is 2. The van der Waals surface area contributed by atoms with Gasteiger partial charge in [0.05, 0.1) is 6.04 Å². The molecular formula is C14H18N4OS2. The van der Waals surface area contributed by atoms with Gasteiger partial charge in [0, 0.05) is 36.3 Å². The van der Waals surface area contributed by atoms with Crippen molar-refractivity contribution in [2.75, 3.05) is 12.3 Å². The highest BCUT2D eigenvalue weighted by Gasteiger charge is 2.08. The molecule has 0 unspecified atom stereocenters. The highest BCUT2D eigenvalue weighted by atomic mass is 32.2. The largest absolute Gasteiger partial charge is 0.338 e. The lowest BCUT2D eigenvalue weighted by molar-refractivity contribution is 0.238. The Morgan fingerprint density at radius 1 is 1.38 bits per heavy atom. The highest BCUT2D eigenvalue weighted by molar-refractivity contribution is 8.00. The van der Waals surface area contributed by atoms with Crippen molar-refractivity contribution >= 4 is 29.1 Å². The number of thiazole rings is 1. The molecule has 2 amide bonds. The first-order valence-corrected chi connectivity index (χ1v) is 8.59. The molecule has 0 saturated heterocycles. The van der Waals surface area contributed by atoms with Crippen LogP contribution >= 0.6 is 23.1 Å². The summed E-state index contributed by atoms with van der Waals surface area (Å²) in [6.07, 6.45) is 6.17. The van der Waals surface area contributed by atoms with E-state index in [1.807, 2.05) is 24.4 Å². The van der Waals surface area contributed by atoms with Crippen molar-refractivity contribution in [3.8, 4) is 0 Å². The molecule has 0 aromatic carbocycles. The number of hydrogen-bond acceptors (Lipinski definition) is 5. The van der Waals surface area contributed by atoms with Crippen molar-refractivity contribution in [2.24, 2.45) is 0 Å². The average Bonchev–Trinajstić information content (AvgIpc) is 3.01. The molecular weight excluding hydrogens is 304 g/mol. The first-order valence-electron chi connectivity index (χ1n) is 6.72. The van der Waals surface area contributed by atoms with Gasteiger partial charge in [-0.3, -0.25) is 4.98 Å². The summed E-state index contributed by atoms with van der Waals surface area (Å²) in [5, 5.41) is 7.74. The molecule has 0 fully saturated rings. The Balaban J connectivity index is 1.59. The third kappa shape index (κ3) is 5.73. The fraction of sp³-hybridized carbons (Fsp3) is 0.357. The molecule has 0 aliphatic rings. The van der Waals surface area contributed by atoms with Gasteiger partial charge in [0.25, 0.3) is 0 Å². The minimum atomic E-state index is -0.140. The quantitative estimate of drug-likeness (QED) is 0.607. The smallest absolute Gasteiger partial charge is 0.315 e. The van der Waals surface area contributed by atoms with E-state index in [0.717, 1.165) is 22.1 Å². The van der Waals surface area contributed by atoms with E-state index in [1.54, 1.807) is 41.7 Å². The van der Waals surface area contributed by atoms with E-state index >= 15 is 0 Å². The van der Waals surface area contributed by atoms with Crippen molar-refractivity contribution in [3.05, 3.63) is 41.7 Å². The van der Waals surface area contributed by atoms with Crippen LogP contribution in [0.15, 0.2) is 40.4 Å². The number of rotatable bonds is 7.